The van der Waals surface area contributed by atoms with Crippen LogP contribution in [0, 0.1) is 58.2 Å². The van der Waals surface area contributed by atoms with E-state index >= 15 is 0 Å². The molecular weight excluding hydrogens is 1050 g/mol. The zero-order chi connectivity index (χ0) is 59.3. The van der Waals surface area contributed by atoms with Gasteiger partial charge >= 0.3 is 0 Å². The lowest BCUT2D eigenvalue weighted by Crippen LogP contribution is -2.52. The summed E-state index contributed by atoms with van der Waals surface area (Å²) in [5.74, 6) is 8.92. The summed E-state index contributed by atoms with van der Waals surface area (Å²) in [6.45, 7) is 32.0. The maximum Gasteiger partial charge on any atom is 0.110 e. The summed E-state index contributed by atoms with van der Waals surface area (Å²) >= 11 is 0. The van der Waals surface area contributed by atoms with Crippen LogP contribution in [0.4, 0.5) is 0 Å². The Kier molecular flexibility index (Phi) is 20.9. The van der Waals surface area contributed by atoms with Crippen molar-refractivity contribution >= 4 is 6.08 Å². The van der Waals surface area contributed by atoms with Crippen molar-refractivity contribution in [1.29, 1.82) is 0 Å². The topological polar surface area (TPSA) is 100 Å². The number of ether oxygens (including phenoxy) is 8. The van der Waals surface area contributed by atoms with Crippen LogP contribution in [0.15, 0.2) is 110 Å². The second kappa shape index (κ2) is 28.2. The van der Waals surface area contributed by atoms with Gasteiger partial charge in [-0.15, -0.1) is 6.58 Å². The highest BCUT2D eigenvalue weighted by atomic mass is 16.6. The molecule has 22 rings (SSSR count). The van der Waals surface area contributed by atoms with Gasteiger partial charge < -0.3 is 37.9 Å². The Balaban J connectivity index is 0.0000000990. The highest BCUT2D eigenvalue weighted by molar-refractivity contribution is 5.60. The van der Waals surface area contributed by atoms with Gasteiger partial charge in [0.25, 0.3) is 0 Å². The molecule has 11 aliphatic carbocycles. The van der Waals surface area contributed by atoms with E-state index in [4.69, 9.17) is 33.2 Å². The molecular formula is C77H110O8. The highest BCUT2D eigenvalue weighted by Crippen LogP contribution is 2.77. The Labute approximate surface area is 514 Å². The molecule has 85 heavy (non-hydrogen) atoms. The van der Waals surface area contributed by atoms with Crippen molar-refractivity contribution in [2.75, 3.05) is 39.6 Å². The lowest BCUT2D eigenvalue weighted by Gasteiger charge is -2.59. The van der Waals surface area contributed by atoms with Crippen molar-refractivity contribution in [1.82, 2.24) is 0 Å². The first-order valence-corrected chi connectivity index (χ1v) is 34.4. The minimum atomic E-state index is 0.270. The van der Waals surface area contributed by atoms with E-state index in [2.05, 4.69) is 152 Å². The molecule has 17 fully saturated rings. The number of epoxide rings is 8. The lowest BCUT2D eigenvalue weighted by atomic mass is 9.45. The normalized spacial score (nSPS) is 40.6. The first-order chi connectivity index (χ1) is 41.2. The van der Waals surface area contributed by atoms with Crippen LogP contribution in [0.3, 0.4) is 0 Å². The minimum absolute atomic E-state index is 0.270. The summed E-state index contributed by atoms with van der Waals surface area (Å²) in [6, 6.07) is 27.6. The van der Waals surface area contributed by atoms with Gasteiger partial charge in [-0.25, -0.2) is 0 Å². The van der Waals surface area contributed by atoms with E-state index in [0.717, 1.165) is 105 Å². The van der Waals surface area contributed by atoms with Gasteiger partial charge in [0.2, 0.25) is 0 Å². The number of hydrogen-bond donors (Lipinski definition) is 0. The standard InChI is InChI=1S/C11H18.C11H10.C10H16O.C9H8O.C9H14.C8H8O.C6H10O.2C4H8O.C3H6O.C2H4O/c1-10(2)7-4-8-6-11(8,3)9(10)5-7;1-2-4-10-8(3-1)5-6-9-7-11(9)10;1-7(2)8-4-5-10(3)9(6-8)11-10;1-2-4-7-6(3-1)5-8-9(7)10-8;1-2-7-3-4-8-6-9(8)5-7;1-2-4-7(5-3-1)8-6-9-8;1-2-4-6-5(3-1)7-6;2*1-2-4-3-5-4;1-3-2-4-3;1-2-3-1/h7-9H,4-6H2,1-3H3;1-6,9,11H,7H2;8-9H,1,4-6H2,2-3H3;1-4,8-9H,5H2;2,7-9H,1,3-6H2;1-5,8H,6H2;5-6H,1-4H2;2*4H,2-3H2,1H3;3H,2H2,1H3;1-2H2. The molecule has 466 valence electrons. The molecule has 0 aromatic heterocycles. The van der Waals surface area contributed by atoms with E-state index in [9.17, 15) is 0 Å². The summed E-state index contributed by atoms with van der Waals surface area (Å²) in [7, 11) is 0. The van der Waals surface area contributed by atoms with Crippen LogP contribution in [-0.4, -0.2) is 88.0 Å². The summed E-state index contributed by atoms with van der Waals surface area (Å²) < 4.78 is 40.3. The fraction of sp³-hybridized carbons (Fsp3) is 0.688. The number of fused-ring (bicyclic) bond motifs is 9. The Morgan fingerprint density at radius 1 is 0.659 bits per heavy atom. The minimum Gasteiger partial charge on any atom is -0.377 e. The summed E-state index contributed by atoms with van der Waals surface area (Å²) in [4.78, 5) is 0. The Morgan fingerprint density at radius 3 is 1.82 bits per heavy atom. The number of rotatable bonds is 5. The van der Waals surface area contributed by atoms with Crippen LogP contribution in [0.1, 0.15) is 210 Å². The van der Waals surface area contributed by atoms with Gasteiger partial charge in [0.05, 0.1) is 88.0 Å². The van der Waals surface area contributed by atoms with Gasteiger partial charge in [-0.05, 0) is 209 Å². The van der Waals surface area contributed by atoms with Gasteiger partial charge in [0.15, 0.2) is 0 Å². The predicted octanol–water partition coefficient (Wildman–Crippen LogP) is 17.8. The smallest absolute Gasteiger partial charge is 0.110 e. The quantitative estimate of drug-likeness (QED) is 0.184. The fourth-order valence-electron chi connectivity index (χ4n) is 15.1. The second-order valence-electron chi connectivity index (χ2n) is 29.5. The molecule has 8 aliphatic heterocycles. The zero-order valence-electron chi connectivity index (χ0n) is 53.8. The van der Waals surface area contributed by atoms with Gasteiger partial charge in [-0.2, -0.15) is 0 Å². The van der Waals surface area contributed by atoms with E-state index in [1.54, 1.807) is 24.8 Å². The van der Waals surface area contributed by atoms with E-state index in [1.165, 1.54) is 118 Å². The second-order valence-corrected chi connectivity index (χ2v) is 29.5. The van der Waals surface area contributed by atoms with E-state index in [1.807, 2.05) is 18.2 Å². The number of hydrogen-bond acceptors (Lipinski definition) is 8. The third kappa shape index (κ3) is 18.4. The third-order valence-corrected chi connectivity index (χ3v) is 22.4. The molecule has 0 N–H and O–H groups in total. The molecule has 3 aromatic carbocycles. The lowest BCUT2D eigenvalue weighted by molar-refractivity contribution is -0.106. The first kappa shape index (κ1) is 63.1. The molecule has 8 nitrogen and oxygen atoms in total. The molecule has 8 heteroatoms. The van der Waals surface area contributed by atoms with Crippen LogP contribution in [0.25, 0.3) is 6.08 Å². The van der Waals surface area contributed by atoms with Crippen molar-refractivity contribution in [2.24, 2.45) is 58.2 Å². The van der Waals surface area contributed by atoms with Crippen LogP contribution < -0.4 is 0 Å². The zero-order valence-corrected chi connectivity index (χ0v) is 53.8. The maximum atomic E-state index is 5.60. The molecule has 20 unspecified atom stereocenters. The van der Waals surface area contributed by atoms with E-state index in [0.29, 0.717) is 60.4 Å². The Hall–Kier alpha value is -3.44. The third-order valence-electron chi connectivity index (χ3n) is 22.4. The number of benzene rings is 3. The molecule has 19 aliphatic rings. The molecule has 3 aromatic rings. The molecule has 9 saturated carbocycles. The molecule has 2 bridgehead atoms. The molecule has 0 radical (unpaired) electrons. The predicted molar refractivity (Wildman–Crippen MR) is 343 cm³/mol. The first-order valence-electron chi connectivity index (χ1n) is 34.4. The van der Waals surface area contributed by atoms with Gasteiger partial charge in [-0.3, -0.25) is 0 Å². The molecule has 8 saturated heterocycles. The largest absolute Gasteiger partial charge is 0.377 e. The van der Waals surface area contributed by atoms with Gasteiger partial charge in [0.1, 0.15) is 12.2 Å². The average Bonchev–Trinajstić information content (AvgIpc) is 1.54. The fourth-order valence-corrected chi connectivity index (χ4v) is 15.1. The Morgan fingerprint density at radius 2 is 1.31 bits per heavy atom. The Bertz CT molecular complexity index is 2620. The van der Waals surface area contributed by atoms with Crippen molar-refractivity contribution in [3.63, 3.8) is 0 Å². The molecule has 0 spiro atoms. The maximum absolute atomic E-state index is 5.60. The highest BCUT2D eigenvalue weighted by Gasteiger charge is 2.70. The van der Waals surface area contributed by atoms with Crippen molar-refractivity contribution < 1.29 is 37.9 Å². The van der Waals surface area contributed by atoms with Crippen LogP contribution >= 0.6 is 0 Å². The average molecular weight is 1160 g/mol. The summed E-state index contributed by atoms with van der Waals surface area (Å²) in [5, 5.41) is 0. The van der Waals surface area contributed by atoms with Crippen molar-refractivity contribution in [3.05, 3.63) is 138 Å². The molecule has 0 amide bonds. The van der Waals surface area contributed by atoms with Crippen LogP contribution in [0.5, 0.6) is 0 Å². The van der Waals surface area contributed by atoms with Gasteiger partial charge in [-0.1, -0.05) is 157 Å². The summed E-state index contributed by atoms with van der Waals surface area (Å²) in [5.41, 5.74) is 10.3. The van der Waals surface area contributed by atoms with Gasteiger partial charge in [0, 0.05) is 6.42 Å². The van der Waals surface area contributed by atoms with E-state index in [-0.39, 0.29) is 5.60 Å². The SMILES string of the molecule is C1=CC2CC2c2ccccc21.C1CCC2OC2C1.C1CO1.C=C(C)C1CCC2(C)OC2C1.C=CC1CCC2CC2C1.CC1(C)C2CC3CC3(C)C1C2.CC1CO1.CCC1CO1.CCC1CO1.c1ccc(C2CO2)cc1.c1ccc2c(c1)CC1OC21. The van der Waals surface area contributed by atoms with Crippen LogP contribution in [0.2, 0.25) is 0 Å². The van der Waals surface area contributed by atoms with Crippen LogP contribution in [-0.2, 0) is 44.3 Å². The monoisotopic (exact) mass is 1160 g/mol. The molecule has 20 atom stereocenters. The van der Waals surface area contributed by atoms with E-state index < -0.39 is 0 Å². The number of allylic oxidation sites excluding steroid dienone is 3. The van der Waals surface area contributed by atoms with Crippen molar-refractivity contribution in [2.45, 2.75) is 237 Å². The summed E-state index contributed by atoms with van der Waals surface area (Å²) in [6.07, 6.45) is 36.7. The molecule has 8 heterocycles. The van der Waals surface area contributed by atoms with Crippen molar-refractivity contribution in [3.8, 4) is 0 Å².